The maximum atomic E-state index is 6.61. The van der Waals surface area contributed by atoms with E-state index < -0.39 is 0 Å². The Balaban J connectivity index is 0.952. The van der Waals surface area contributed by atoms with Crippen molar-refractivity contribution in [3.05, 3.63) is 255 Å². The molecule has 0 amide bonds. The molecule has 322 valence electrons. The lowest BCUT2D eigenvalue weighted by molar-refractivity contribution is 0.672. The van der Waals surface area contributed by atoms with Crippen LogP contribution >= 0.6 is 0 Å². The summed E-state index contributed by atoms with van der Waals surface area (Å²) < 4.78 is 8.99. The summed E-state index contributed by atoms with van der Waals surface area (Å²) in [5, 5.41) is 12.0. The van der Waals surface area contributed by atoms with Crippen LogP contribution in [0.5, 0.6) is 0 Å². The van der Waals surface area contributed by atoms with Crippen molar-refractivity contribution in [2.24, 2.45) is 0 Å². The van der Waals surface area contributed by atoms with E-state index in [9.17, 15) is 0 Å². The largest absolute Gasteiger partial charge is 0.455 e. The quantitative estimate of drug-likeness (QED) is 0.149. The molecule has 0 fully saturated rings. The minimum atomic E-state index is 0.880. The molecule has 0 N–H and O–H groups in total. The van der Waals surface area contributed by atoms with Gasteiger partial charge in [0.1, 0.15) is 11.2 Å². The van der Waals surface area contributed by atoms with Crippen LogP contribution in [-0.4, -0.2) is 4.57 Å². The van der Waals surface area contributed by atoms with Gasteiger partial charge in [-0.2, -0.15) is 0 Å². The zero-order chi connectivity index (χ0) is 45.4. The van der Waals surface area contributed by atoms with Gasteiger partial charge in [0.15, 0.2) is 0 Å². The highest BCUT2D eigenvalue weighted by atomic mass is 16.3. The lowest BCUT2D eigenvalue weighted by Crippen LogP contribution is -2.12. The number of anilines is 3. The van der Waals surface area contributed by atoms with Gasteiger partial charge in [-0.25, -0.2) is 0 Å². The van der Waals surface area contributed by atoms with E-state index in [2.05, 4.69) is 264 Å². The molecule has 0 saturated heterocycles. The second-order valence-electron chi connectivity index (χ2n) is 18.0. The summed E-state index contributed by atoms with van der Waals surface area (Å²) in [7, 11) is 0. The Labute approximate surface area is 399 Å². The summed E-state index contributed by atoms with van der Waals surface area (Å²) in [4.78, 5) is 2.46. The van der Waals surface area contributed by atoms with Crippen LogP contribution in [0.1, 0.15) is 0 Å². The van der Waals surface area contributed by atoms with Gasteiger partial charge in [0.05, 0.1) is 22.4 Å². The zero-order valence-corrected chi connectivity index (χ0v) is 37.6. The molecule has 0 radical (unpaired) electrons. The Morgan fingerprint density at radius 2 is 0.899 bits per heavy atom. The SMILES string of the molecule is c1cc(-c2ccc(N(c3ccccc3-c3ccc4oc5c6ccccc6ccc5c4c3)c3ccccc3-c3cc4ccccc4c4ccccc34)cc2)cc(-n2c3ccccc3c3ccccc32)c1. The number of hydrogen-bond donors (Lipinski definition) is 0. The van der Waals surface area contributed by atoms with E-state index in [1.54, 1.807) is 0 Å². The standard InChI is InChI=1S/C66H42N2O/c1-4-22-52-44(16-1)34-38-58-60-42-47(35-39-65(60)69-66(52)58)51-21-7-11-28-61(51)67(64-31-14-10-27-57(64)59-41-46-17-2-3-20-50(46)53-23-5-6-24-54(53)59)48-36-32-43(33-37-48)45-18-15-19-49(40-45)68-62-29-12-8-25-55(62)56-26-9-13-30-63(56)68/h1-42H. The number of rotatable bonds is 7. The van der Waals surface area contributed by atoms with Crippen LogP contribution in [-0.2, 0) is 0 Å². The molecular weight excluding hydrogens is 837 g/mol. The molecule has 0 aliphatic rings. The van der Waals surface area contributed by atoms with Crippen LogP contribution < -0.4 is 4.90 Å². The van der Waals surface area contributed by atoms with Crippen LogP contribution in [0.2, 0.25) is 0 Å². The van der Waals surface area contributed by atoms with E-state index in [0.29, 0.717) is 0 Å². The number of benzene rings is 12. The molecule has 3 nitrogen and oxygen atoms in total. The fraction of sp³-hybridized carbons (Fsp3) is 0. The molecule has 0 aliphatic heterocycles. The minimum Gasteiger partial charge on any atom is -0.455 e. The van der Waals surface area contributed by atoms with E-state index in [1.165, 1.54) is 54.3 Å². The van der Waals surface area contributed by atoms with E-state index in [-0.39, 0.29) is 0 Å². The summed E-state index contributed by atoms with van der Waals surface area (Å²) in [6.45, 7) is 0. The smallest absolute Gasteiger partial charge is 0.143 e. The van der Waals surface area contributed by atoms with Crippen molar-refractivity contribution in [3.63, 3.8) is 0 Å². The molecule has 14 rings (SSSR count). The lowest BCUT2D eigenvalue weighted by Gasteiger charge is -2.30. The molecule has 3 heteroatoms. The van der Waals surface area contributed by atoms with Crippen molar-refractivity contribution in [2.45, 2.75) is 0 Å². The number of furan rings is 1. The molecule has 0 bridgehead atoms. The Morgan fingerprint density at radius 1 is 0.304 bits per heavy atom. The Morgan fingerprint density at radius 3 is 1.67 bits per heavy atom. The Kier molecular flexibility index (Phi) is 8.90. The summed E-state index contributed by atoms with van der Waals surface area (Å²) >= 11 is 0. The van der Waals surface area contributed by atoms with Crippen molar-refractivity contribution >= 4 is 93.1 Å². The van der Waals surface area contributed by atoms with Gasteiger partial charge in [-0.15, -0.1) is 0 Å². The number of para-hydroxylation sites is 4. The molecular formula is C66H42N2O. The van der Waals surface area contributed by atoms with Crippen molar-refractivity contribution in [1.82, 2.24) is 4.57 Å². The highest BCUT2D eigenvalue weighted by molar-refractivity contribution is 6.17. The zero-order valence-electron chi connectivity index (χ0n) is 37.6. The first-order valence-electron chi connectivity index (χ1n) is 23.7. The predicted octanol–water partition coefficient (Wildman–Crippen LogP) is 18.6. The third-order valence-corrected chi connectivity index (χ3v) is 14.2. The molecule has 0 spiro atoms. The molecule has 2 heterocycles. The first-order chi connectivity index (χ1) is 34.2. The van der Waals surface area contributed by atoms with Gasteiger partial charge in [-0.05, 0) is 122 Å². The van der Waals surface area contributed by atoms with Crippen molar-refractivity contribution < 1.29 is 4.42 Å². The van der Waals surface area contributed by atoms with Crippen LogP contribution in [0.3, 0.4) is 0 Å². The van der Waals surface area contributed by atoms with E-state index in [1.807, 2.05) is 0 Å². The van der Waals surface area contributed by atoms with Gasteiger partial charge in [-0.1, -0.05) is 182 Å². The Bertz CT molecular complexity index is 4270. The fourth-order valence-corrected chi connectivity index (χ4v) is 11.0. The second-order valence-corrected chi connectivity index (χ2v) is 18.0. The average molecular weight is 879 g/mol. The third kappa shape index (κ3) is 6.29. The molecule has 14 aromatic rings. The predicted molar refractivity (Wildman–Crippen MR) is 292 cm³/mol. The second kappa shape index (κ2) is 15.7. The number of nitrogens with zero attached hydrogens (tertiary/aromatic N) is 2. The van der Waals surface area contributed by atoms with Crippen LogP contribution in [0.4, 0.5) is 17.1 Å². The van der Waals surface area contributed by atoms with Gasteiger partial charge >= 0.3 is 0 Å². The average Bonchev–Trinajstić information content (AvgIpc) is 3.97. The highest BCUT2D eigenvalue weighted by Crippen LogP contribution is 2.48. The van der Waals surface area contributed by atoms with E-state index in [4.69, 9.17) is 4.42 Å². The van der Waals surface area contributed by atoms with Crippen molar-refractivity contribution in [2.75, 3.05) is 4.90 Å². The van der Waals surface area contributed by atoms with Crippen LogP contribution in [0.15, 0.2) is 259 Å². The first-order valence-corrected chi connectivity index (χ1v) is 23.7. The van der Waals surface area contributed by atoms with Gasteiger partial charge in [-0.3, -0.25) is 0 Å². The van der Waals surface area contributed by atoms with Gasteiger partial charge in [0.25, 0.3) is 0 Å². The fourth-order valence-electron chi connectivity index (χ4n) is 11.0. The van der Waals surface area contributed by atoms with Gasteiger partial charge in [0, 0.05) is 49.4 Å². The molecule has 0 saturated carbocycles. The molecule has 0 atom stereocenters. The first kappa shape index (κ1) is 39.0. The van der Waals surface area contributed by atoms with Gasteiger partial charge < -0.3 is 13.9 Å². The maximum Gasteiger partial charge on any atom is 0.143 e. The summed E-state index contributed by atoms with van der Waals surface area (Å²) in [6, 6.07) is 92.6. The maximum absolute atomic E-state index is 6.61. The lowest BCUT2D eigenvalue weighted by atomic mass is 9.91. The topological polar surface area (TPSA) is 21.3 Å². The monoisotopic (exact) mass is 878 g/mol. The third-order valence-electron chi connectivity index (χ3n) is 14.2. The van der Waals surface area contributed by atoms with Crippen molar-refractivity contribution in [1.29, 1.82) is 0 Å². The van der Waals surface area contributed by atoms with Crippen LogP contribution in [0.25, 0.3) is 115 Å². The van der Waals surface area contributed by atoms with E-state index in [0.717, 1.165) is 77.9 Å². The molecule has 2 aromatic heterocycles. The summed E-state index contributed by atoms with van der Waals surface area (Å²) in [6.07, 6.45) is 0. The normalized spacial score (nSPS) is 11.8. The number of aromatic nitrogens is 1. The van der Waals surface area contributed by atoms with Crippen molar-refractivity contribution in [3.8, 4) is 39.1 Å². The number of fused-ring (bicyclic) bond motifs is 11. The highest BCUT2D eigenvalue weighted by Gasteiger charge is 2.23. The summed E-state index contributed by atoms with van der Waals surface area (Å²) in [5.41, 5.74) is 15.5. The van der Waals surface area contributed by atoms with Gasteiger partial charge in [0.2, 0.25) is 0 Å². The van der Waals surface area contributed by atoms with Crippen LogP contribution in [0, 0.1) is 0 Å². The molecule has 12 aromatic carbocycles. The Hall–Kier alpha value is -9.18. The minimum absolute atomic E-state index is 0.880. The molecule has 69 heavy (non-hydrogen) atoms. The molecule has 0 unspecified atom stereocenters. The van der Waals surface area contributed by atoms with E-state index >= 15 is 0 Å². The summed E-state index contributed by atoms with van der Waals surface area (Å²) in [5.74, 6) is 0. The molecule has 0 aliphatic carbocycles. The number of hydrogen-bond acceptors (Lipinski definition) is 2.